The Balaban J connectivity index is 1.56. The number of amides is 1. The predicted molar refractivity (Wildman–Crippen MR) is 120 cm³/mol. The molecule has 30 heavy (non-hydrogen) atoms. The maximum atomic E-state index is 13.6. The minimum atomic E-state index is -0.334. The normalized spacial score (nSPS) is 11.4. The molecule has 5 aromatic rings. The SMILES string of the molecule is O=C(c1sc2ccccc2c1Cl)N(CCn1cccn1)c1nc2ccc(F)cc2s1. The lowest BCUT2D eigenvalue weighted by Gasteiger charge is -2.19. The molecule has 0 aliphatic carbocycles. The number of carbonyl (C=O) groups excluding carboxylic acids is 1. The van der Waals surface area contributed by atoms with Gasteiger partial charge in [0.05, 0.1) is 21.8 Å². The molecule has 0 spiro atoms. The number of carbonyl (C=O) groups is 1. The number of thiophene rings is 1. The zero-order valence-corrected chi connectivity index (χ0v) is 17.8. The first kappa shape index (κ1) is 19.2. The van der Waals surface area contributed by atoms with Crippen LogP contribution >= 0.6 is 34.3 Å². The highest BCUT2D eigenvalue weighted by Gasteiger charge is 2.26. The van der Waals surface area contributed by atoms with E-state index in [1.54, 1.807) is 21.8 Å². The summed E-state index contributed by atoms with van der Waals surface area (Å²) in [7, 11) is 0. The van der Waals surface area contributed by atoms with Gasteiger partial charge in [0.15, 0.2) is 5.13 Å². The Hall–Kier alpha value is -2.81. The van der Waals surface area contributed by atoms with E-state index in [4.69, 9.17) is 11.6 Å². The van der Waals surface area contributed by atoms with Crippen molar-refractivity contribution in [3.05, 3.63) is 76.6 Å². The van der Waals surface area contributed by atoms with Crippen LogP contribution in [0.4, 0.5) is 9.52 Å². The van der Waals surface area contributed by atoms with Crippen LogP contribution in [0.15, 0.2) is 60.9 Å². The summed E-state index contributed by atoms with van der Waals surface area (Å²) in [5.74, 6) is -0.562. The molecule has 0 radical (unpaired) electrons. The number of hydrogen-bond donors (Lipinski definition) is 0. The van der Waals surface area contributed by atoms with E-state index in [0.29, 0.717) is 38.3 Å². The van der Waals surface area contributed by atoms with Crippen molar-refractivity contribution in [2.45, 2.75) is 6.54 Å². The molecule has 1 amide bonds. The van der Waals surface area contributed by atoms with Crippen molar-refractivity contribution in [1.82, 2.24) is 14.8 Å². The molecule has 0 bridgehead atoms. The number of halogens is 2. The molecule has 0 saturated heterocycles. The summed E-state index contributed by atoms with van der Waals surface area (Å²) < 4.78 is 17.0. The molecule has 9 heteroatoms. The van der Waals surface area contributed by atoms with E-state index in [1.807, 2.05) is 36.5 Å². The second-order valence-electron chi connectivity index (χ2n) is 6.58. The van der Waals surface area contributed by atoms with E-state index in [9.17, 15) is 9.18 Å². The van der Waals surface area contributed by atoms with Crippen LogP contribution in [0.5, 0.6) is 0 Å². The van der Waals surface area contributed by atoms with Crippen LogP contribution in [0.1, 0.15) is 9.67 Å². The summed E-state index contributed by atoms with van der Waals surface area (Å²) in [5.41, 5.74) is 0.649. The summed E-state index contributed by atoms with van der Waals surface area (Å²) >= 11 is 9.20. The first-order valence-corrected chi connectivity index (χ1v) is 11.1. The largest absolute Gasteiger partial charge is 0.281 e. The van der Waals surface area contributed by atoms with Gasteiger partial charge in [0.2, 0.25) is 0 Å². The zero-order valence-electron chi connectivity index (χ0n) is 15.5. The molecule has 150 valence electrons. The Labute approximate surface area is 184 Å². The lowest BCUT2D eigenvalue weighted by Crippen LogP contribution is -2.33. The smallest absolute Gasteiger partial charge is 0.271 e. The van der Waals surface area contributed by atoms with E-state index in [1.165, 1.54) is 34.8 Å². The number of rotatable bonds is 5. The first-order chi connectivity index (χ1) is 14.6. The van der Waals surface area contributed by atoms with Crippen molar-refractivity contribution in [2.24, 2.45) is 0 Å². The van der Waals surface area contributed by atoms with E-state index in [2.05, 4.69) is 10.1 Å². The van der Waals surface area contributed by atoms with Crippen LogP contribution in [0.25, 0.3) is 20.3 Å². The number of nitrogens with zero attached hydrogens (tertiary/aromatic N) is 4. The van der Waals surface area contributed by atoms with Crippen LogP contribution in [0.3, 0.4) is 0 Å². The van der Waals surface area contributed by atoms with Crippen LogP contribution in [-0.4, -0.2) is 27.2 Å². The van der Waals surface area contributed by atoms with Crippen LogP contribution < -0.4 is 4.90 Å². The first-order valence-electron chi connectivity index (χ1n) is 9.12. The maximum absolute atomic E-state index is 13.6. The number of hydrogen-bond acceptors (Lipinski definition) is 5. The van der Waals surface area contributed by atoms with E-state index in [-0.39, 0.29) is 11.7 Å². The Morgan fingerprint density at radius 2 is 2.00 bits per heavy atom. The Bertz CT molecular complexity index is 1360. The number of aromatic nitrogens is 3. The van der Waals surface area contributed by atoms with Gasteiger partial charge in [-0.1, -0.05) is 41.1 Å². The molecule has 0 fully saturated rings. The number of anilines is 1. The van der Waals surface area contributed by atoms with Crippen molar-refractivity contribution in [3.63, 3.8) is 0 Å². The molecule has 5 rings (SSSR count). The molecule has 2 aromatic carbocycles. The molecule has 0 N–H and O–H groups in total. The fourth-order valence-electron chi connectivity index (χ4n) is 3.20. The highest BCUT2D eigenvalue weighted by Crippen LogP contribution is 2.38. The molecular formula is C21H14ClFN4OS2. The lowest BCUT2D eigenvalue weighted by molar-refractivity contribution is 0.0990. The van der Waals surface area contributed by atoms with Gasteiger partial charge < -0.3 is 0 Å². The van der Waals surface area contributed by atoms with Crippen LogP contribution in [0, 0.1) is 5.82 Å². The van der Waals surface area contributed by atoms with Gasteiger partial charge in [-0.2, -0.15) is 5.10 Å². The molecule has 0 atom stereocenters. The summed E-state index contributed by atoms with van der Waals surface area (Å²) in [4.78, 5) is 20.2. The quantitative estimate of drug-likeness (QED) is 0.333. The number of thiazole rings is 1. The predicted octanol–water partition coefficient (Wildman–Crippen LogP) is 5.85. The fraction of sp³-hybridized carbons (Fsp3) is 0.0952. The van der Waals surface area contributed by atoms with Crippen molar-refractivity contribution in [3.8, 4) is 0 Å². The second kappa shape index (κ2) is 7.79. The zero-order chi connectivity index (χ0) is 20.7. The summed E-state index contributed by atoms with van der Waals surface area (Å²) in [6.45, 7) is 0.846. The number of fused-ring (bicyclic) bond motifs is 2. The molecule has 0 saturated carbocycles. The third-order valence-corrected chi connectivity index (χ3v) is 7.36. The average Bonchev–Trinajstić information content (AvgIpc) is 3.47. The second-order valence-corrected chi connectivity index (χ2v) is 9.02. The molecule has 0 aliphatic heterocycles. The fourth-order valence-corrected chi connectivity index (χ4v) is 5.67. The van der Waals surface area contributed by atoms with Gasteiger partial charge in [0.1, 0.15) is 10.7 Å². The minimum absolute atomic E-state index is 0.229. The molecule has 0 aliphatic rings. The molecule has 3 heterocycles. The standard InChI is InChI=1S/C21H14ClFN4OS2/c22-18-14-4-1-2-5-16(14)29-19(18)20(28)27(11-10-26-9-3-8-24-26)21-25-15-7-6-13(23)12-17(15)30-21/h1-9,12H,10-11H2. The van der Waals surface area contributed by atoms with Crippen LogP contribution in [-0.2, 0) is 6.54 Å². The van der Waals surface area contributed by atoms with E-state index in [0.717, 1.165) is 10.1 Å². The highest BCUT2D eigenvalue weighted by atomic mass is 35.5. The lowest BCUT2D eigenvalue weighted by atomic mass is 10.2. The molecular weight excluding hydrogens is 443 g/mol. The van der Waals surface area contributed by atoms with Gasteiger partial charge in [0.25, 0.3) is 5.91 Å². The Kier molecular flexibility index (Phi) is 4.98. The Morgan fingerprint density at radius 1 is 1.13 bits per heavy atom. The van der Waals surface area contributed by atoms with E-state index < -0.39 is 0 Å². The maximum Gasteiger partial charge on any atom is 0.271 e. The third kappa shape index (κ3) is 3.47. The topological polar surface area (TPSA) is 51.0 Å². The van der Waals surface area contributed by atoms with Gasteiger partial charge in [-0.3, -0.25) is 14.4 Å². The van der Waals surface area contributed by atoms with Gasteiger partial charge in [0, 0.05) is 29.0 Å². The number of benzene rings is 2. The van der Waals surface area contributed by atoms with Crippen molar-refractivity contribution < 1.29 is 9.18 Å². The van der Waals surface area contributed by atoms with Gasteiger partial charge in [-0.05, 0) is 30.3 Å². The molecule has 0 unspecified atom stereocenters. The molecule has 3 aromatic heterocycles. The van der Waals surface area contributed by atoms with Crippen molar-refractivity contribution >= 4 is 65.6 Å². The highest BCUT2D eigenvalue weighted by molar-refractivity contribution is 7.23. The van der Waals surface area contributed by atoms with E-state index >= 15 is 0 Å². The monoisotopic (exact) mass is 456 g/mol. The minimum Gasteiger partial charge on any atom is -0.281 e. The molecule has 5 nitrogen and oxygen atoms in total. The van der Waals surface area contributed by atoms with Gasteiger partial charge >= 0.3 is 0 Å². The average molecular weight is 457 g/mol. The van der Waals surface area contributed by atoms with Crippen molar-refractivity contribution in [1.29, 1.82) is 0 Å². The Morgan fingerprint density at radius 3 is 2.80 bits per heavy atom. The van der Waals surface area contributed by atoms with Crippen LogP contribution in [0.2, 0.25) is 5.02 Å². The summed E-state index contributed by atoms with van der Waals surface area (Å²) in [6, 6.07) is 13.9. The summed E-state index contributed by atoms with van der Waals surface area (Å²) in [5, 5.41) is 6.00. The van der Waals surface area contributed by atoms with Crippen molar-refractivity contribution in [2.75, 3.05) is 11.4 Å². The van der Waals surface area contributed by atoms with Gasteiger partial charge in [-0.15, -0.1) is 11.3 Å². The van der Waals surface area contributed by atoms with Gasteiger partial charge in [-0.25, -0.2) is 9.37 Å². The third-order valence-electron chi connectivity index (χ3n) is 4.66. The summed E-state index contributed by atoms with van der Waals surface area (Å²) in [6.07, 6.45) is 3.53.